The van der Waals surface area contributed by atoms with Crippen molar-refractivity contribution in [3.8, 4) is 17.2 Å². The predicted molar refractivity (Wildman–Crippen MR) is 103 cm³/mol. The Bertz CT molecular complexity index is 970. The van der Waals surface area contributed by atoms with Crippen LogP contribution in [-0.4, -0.2) is 69.1 Å². The van der Waals surface area contributed by atoms with Crippen molar-refractivity contribution in [3.63, 3.8) is 0 Å². The molecule has 0 aliphatic carbocycles. The first-order valence-electron chi connectivity index (χ1n) is 10.1. The molecular formula is C20H23N5O5. The van der Waals surface area contributed by atoms with Gasteiger partial charge in [-0.15, -0.1) is 5.10 Å². The van der Waals surface area contributed by atoms with Gasteiger partial charge >= 0.3 is 0 Å². The minimum absolute atomic E-state index is 0.0769. The number of nitrogens with zero attached hydrogens (tertiary/aromatic N) is 5. The Morgan fingerprint density at radius 2 is 2.13 bits per heavy atom. The van der Waals surface area contributed by atoms with E-state index in [1.807, 2.05) is 6.20 Å². The first-order chi connectivity index (χ1) is 14.6. The molecule has 1 atom stereocenters. The second kappa shape index (κ2) is 7.51. The molecule has 0 saturated carbocycles. The average Bonchev–Trinajstić information content (AvgIpc) is 3.43. The molecule has 10 heteroatoms. The Morgan fingerprint density at radius 1 is 1.30 bits per heavy atom. The molecule has 4 heterocycles. The number of likely N-dealkylation sites (tertiary alicyclic amines) is 2. The molecule has 2 amide bonds. The quantitative estimate of drug-likeness (QED) is 0.696. The summed E-state index contributed by atoms with van der Waals surface area (Å²) in [7, 11) is 0. The second-order valence-corrected chi connectivity index (χ2v) is 7.78. The smallest absolute Gasteiger partial charge is 0.263 e. The number of carbonyl (C=O) groups is 2. The van der Waals surface area contributed by atoms with Crippen molar-refractivity contribution in [1.82, 2.24) is 24.8 Å². The van der Waals surface area contributed by atoms with Gasteiger partial charge in [0.15, 0.2) is 17.6 Å². The molecule has 1 aromatic heterocycles. The molecule has 3 aliphatic rings. The summed E-state index contributed by atoms with van der Waals surface area (Å²) in [5.74, 6) is 1.95. The number of carbonyl (C=O) groups excluding carboxylic acids is 2. The van der Waals surface area contributed by atoms with Crippen molar-refractivity contribution in [2.45, 2.75) is 38.5 Å². The lowest BCUT2D eigenvalue weighted by Crippen LogP contribution is -2.54. The number of ether oxygens (including phenoxy) is 3. The SMILES string of the molecule is C[C@@H](Oc1ccc2c(c1)OCO2)C(=O)N1CC(n2cc(CN3CCCC3=O)nn2)C1. The molecule has 2 fully saturated rings. The van der Waals surface area contributed by atoms with E-state index in [0.717, 1.165) is 18.7 Å². The number of hydrogen-bond donors (Lipinski definition) is 0. The third-order valence-corrected chi connectivity index (χ3v) is 5.63. The van der Waals surface area contributed by atoms with Gasteiger partial charge in [-0.3, -0.25) is 9.59 Å². The van der Waals surface area contributed by atoms with E-state index in [2.05, 4.69) is 10.3 Å². The molecule has 0 N–H and O–H groups in total. The fourth-order valence-electron chi connectivity index (χ4n) is 3.90. The second-order valence-electron chi connectivity index (χ2n) is 7.78. The zero-order chi connectivity index (χ0) is 20.7. The Kier molecular flexibility index (Phi) is 4.68. The Morgan fingerprint density at radius 3 is 2.93 bits per heavy atom. The number of rotatable bonds is 6. The normalized spacial score (nSPS) is 19.2. The molecule has 0 spiro atoms. The highest BCUT2D eigenvalue weighted by Crippen LogP contribution is 2.35. The van der Waals surface area contributed by atoms with Crippen LogP contribution in [0, 0.1) is 0 Å². The minimum atomic E-state index is -0.612. The first kappa shape index (κ1) is 18.7. The van der Waals surface area contributed by atoms with Gasteiger partial charge in [-0.2, -0.15) is 0 Å². The van der Waals surface area contributed by atoms with Gasteiger partial charge in [0, 0.05) is 32.1 Å². The van der Waals surface area contributed by atoms with Crippen LogP contribution in [0.25, 0.3) is 0 Å². The molecule has 30 heavy (non-hydrogen) atoms. The summed E-state index contributed by atoms with van der Waals surface area (Å²) in [5, 5.41) is 8.35. The van der Waals surface area contributed by atoms with Gasteiger partial charge in [0.05, 0.1) is 18.8 Å². The molecule has 10 nitrogen and oxygen atoms in total. The summed E-state index contributed by atoms with van der Waals surface area (Å²) in [6.45, 7) is 4.31. The third kappa shape index (κ3) is 3.53. The van der Waals surface area contributed by atoms with Crippen molar-refractivity contribution in [3.05, 3.63) is 30.1 Å². The van der Waals surface area contributed by atoms with E-state index in [0.29, 0.717) is 43.3 Å². The van der Waals surface area contributed by atoms with Gasteiger partial charge in [-0.05, 0) is 25.5 Å². The van der Waals surface area contributed by atoms with Crippen LogP contribution in [0.2, 0.25) is 0 Å². The van der Waals surface area contributed by atoms with Crippen LogP contribution < -0.4 is 14.2 Å². The highest BCUT2D eigenvalue weighted by molar-refractivity contribution is 5.81. The van der Waals surface area contributed by atoms with Gasteiger partial charge in [-0.1, -0.05) is 5.21 Å². The van der Waals surface area contributed by atoms with Crippen LogP contribution in [-0.2, 0) is 16.1 Å². The van der Waals surface area contributed by atoms with Crippen LogP contribution in [0.15, 0.2) is 24.4 Å². The highest BCUT2D eigenvalue weighted by atomic mass is 16.7. The molecule has 158 valence electrons. The fraction of sp³-hybridized carbons (Fsp3) is 0.500. The summed E-state index contributed by atoms with van der Waals surface area (Å²) in [5.41, 5.74) is 0.773. The molecule has 5 rings (SSSR count). The maximum absolute atomic E-state index is 12.7. The zero-order valence-corrected chi connectivity index (χ0v) is 16.7. The summed E-state index contributed by atoms with van der Waals surface area (Å²) in [6.07, 6.45) is 2.77. The van der Waals surface area contributed by atoms with Crippen LogP contribution in [0.1, 0.15) is 31.5 Å². The van der Waals surface area contributed by atoms with E-state index in [1.165, 1.54) is 0 Å². The van der Waals surface area contributed by atoms with E-state index in [1.54, 1.807) is 39.6 Å². The van der Waals surface area contributed by atoms with Crippen LogP contribution in [0.4, 0.5) is 0 Å². The lowest BCUT2D eigenvalue weighted by Gasteiger charge is -2.40. The van der Waals surface area contributed by atoms with Crippen LogP contribution >= 0.6 is 0 Å². The van der Waals surface area contributed by atoms with Gasteiger partial charge in [0.25, 0.3) is 5.91 Å². The number of benzene rings is 1. The maximum Gasteiger partial charge on any atom is 0.263 e. The van der Waals surface area contributed by atoms with Crippen molar-refractivity contribution >= 4 is 11.8 Å². The number of amides is 2. The van der Waals surface area contributed by atoms with E-state index >= 15 is 0 Å². The average molecular weight is 413 g/mol. The van der Waals surface area contributed by atoms with E-state index in [-0.39, 0.29) is 24.6 Å². The molecule has 0 radical (unpaired) electrons. The van der Waals surface area contributed by atoms with Crippen LogP contribution in [0.3, 0.4) is 0 Å². The van der Waals surface area contributed by atoms with E-state index in [9.17, 15) is 9.59 Å². The maximum atomic E-state index is 12.7. The molecule has 2 saturated heterocycles. The van der Waals surface area contributed by atoms with Crippen LogP contribution in [0.5, 0.6) is 17.2 Å². The standard InChI is InChI=1S/C20H23N5O5/c1-13(30-16-4-5-17-18(7-16)29-12-28-17)20(27)24-10-15(11-24)25-9-14(21-22-25)8-23-6-2-3-19(23)26/h4-5,7,9,13,15H,2-3,6,8,10-12H2,1H3/t13-/m1/s1. The largest absolute Gasteiger partial charge is 0.481 e. The number of hydrogen-bond acceptors (Lipinski definition) is 7. The minimum Gasteiger partial charge on any atom is -0.481 e. The van der Waals surface area contributed by atoms with Gasteiger partial charge in [0.2, 0.25) is 12.7 Å². The lowest BCUT2D eigenvalue weighted by atomic mass is 10.1. The molecule has 0 unspecified atom stereocenters. The van der Waals surface area contributed by atoms with Crippen molar-refractivity contribution < 1.29 is 23.8 Å². The lowest BCUT2D eigenvalue weighted by molar-refractivity contribution is -0.144. The van der Waals surface area contributed by atoms with Crippen molar-refractivity contribution in [2.75, 3.05) is 26.4 Å². The van der Waals surface area contributed by atoms with Crippen molar-refractivity contribution in [1.29, 1.82) is 0 Å². The third-order valence-electron chi connectivity index (χ3n) is 5.63. The molecule has 0 bridgehead atoms. The zero-order valence-electron chi connectivity index (χ0n) is 16.7. The van der Waals surface area contributed by atoms with E-state index in [4.69, 9.17) is 14.2 Å². The Labute approximate surface area is 173 Å². The number of fused-ring (bicyclic) bond motifs is 1. The summed E-state index contributed by atoms with van der Waals surface area (Å²) >= 11 is 0. The van der Waals surface area contributed by atoms with E-state index < -0.39 is 6.10 Å². The topological polar surface area (TPSA) is 99.0 Å². The summed E-state index contributed by atoms with van der Waals surface area (Å²) < 4.78 is 18.2. The van der Waals surface area contributed by atoms with Crippen molar-refractivity contribution in [2.24, 2.45) is 0 Å². The van der Waals surface area contributed by atoms with Gasteiger partial charge in [-0.25, -0.2) is 4.68 Å². The monoisotopic (exact) mass is 413 g/mol. The summed E-state index contributed by atoms with van der Waals surface area (Å²) in [4.78, 5) is 28.0. The number of aromatic nitrogens is 3. The fourth-order valence-corrected chi connectivity index (χ4v) is 3.90. The summed E-state index contributed by atoms with van der Waals surface area (Å²) in [6, 6.07) is 5.35. The molecule has 2 aromatic rings. The Hall–Kier alpha value is -3.30. The predicted octanol–water partition coefficient (Wildman–Crippen LogP) is 0.980. The molecular weight excluding hydrogens is 390 g/mol. The van der Waals surface area contributed by atoms with Gasteiger partial charge in [0.1, 0.15) is 11.4 Å². The molecule has 3 aliphatic heterocycles. The van der Waals surface area contributed by atoms with Gasteiger partial charge < -0.3 is 24.0 Å². The molecule has 1 aromatic carbocycles. The highest BCUT2D eigenvalue weighted by Gasteiger charge is 2.36. The Balaban J connectivity index is 1.13. The first-order valence-corrected chi connectivity index (χ1v) is 10.1.